The summed E-state index contributed by atoms with van der Waals surface area (Å²) in [5.41, 5.74) is 0. The van der Waals surface area contributed by atoms with Crippen LogP contribution in [0.4, 0.5) is 5.95 Å². The molecule has 0 aromatic carbocycles. The van der Waals surface area contributed by atoms with Crippen LogP contribution in [0, 0.1) is 0 Å². The Morgan fingerprint density at radius 2 is 2.25 bits per heavy atom. The number of fused-ring (bicyclic) bond motifs is 1. The minimum absolute atomic E-state index is 0.201. The number of thiophene rings is 2. The second-order valence-electron chi connectivity index (χ2n) is 4.55. The Bertz CT molecular complexity index is 720. The number of nitrogens with zero attached hydrogens (tertiary/aromatic N) is 4. The topological polar surface area (TPSA) is 55.6 Å². The van der Waals surface area contributed by atoms with E-state index in [1.165, 1.54) is 9.75 Å². The minimum atomic E-state index is 0.201. The Morgan fingerprint density at radius 3 is 3.00 bits per heavy atom. The maximum Gasteiger partial charge on any atom is 0.244 e. The number of rotatable bonds is 2. The monoisotopic (exact) mass is 367 g/mol. The number of nitrogens with one attached hydrogen (secondary N) is 1. The van der Waals surface area contributed by atoms with E-state index in [9.17, 15) is 0 Å². The first-order valence-corrected chi connectivity index (χ1v) is 8.63. The highest BCUT2D eigenvalue weighted by Gasteiger charge is 2.31. The molecule has 0 spiro atoms. The van der Waals surface area contributed by atoms with E-state index in [-0.39, 0.29) is 12.1 Å². The van der Waals surface area contributed by atoms with Gasteiger partial charge in [-0.3, -0.25) is 0 Å². The highest BCUT2D eigenvalue weighted by atomic mass is 79.9. The molecule has 20 heavy (non-hydrogen) atoms. The fraction of sp³-hybridized carbons (Fsp3) is 0.250. The quantitative estimate of drug-likeness (QED) is 0.749. The molecule has 0 fully saturated rings. The van der Waals surface area contributed by atoms with Gasteiger partial charge < -0.3 is 5.32 Å². The molecule has 1 aliphatic rings. The molecule has 0 unspecified atom stereocenters. The third kappa shape index (κ3) is 2.07. The average Bonchev–Trinajstić information content (AvgIpc) is 3.18. The lowest BCUT2D eigenvalue weighted by Crippen LogP contribution is -2.27. The zero-order valence-electron chi connectivity index (χ0n) is 10.2. The van der Waals surface area contributed by atoms with Gasteiger partial charge in [-0.25, -0.2) is 4.68 Å². The molecule has 0 radical (unpaired) electrons. The number of aromatic nitrogens is 4. The van der Waals surface area contributed by atoms with E-state index >= 15 is 0 Å². The molecule has 1 aliphatic heterocycles. The van der Waals surface area contributed by atoms with Crippen molar-refractivity contribution in [2.45, 2.75) is 18.5 Å². The second-order valence-corrected chi connectivity index (χ2v) is 8.03. The SMILES string of the molecule is Brc1ccc([C@H]2C[C@@H](c3cccs3)n3nnnc3N2)s1. The summed E-state index contributed by atoms with van der Waals surface area (Å²) in [6.07, 6.45) is 0.950. The first-order valence-electron chi connectivity index (χ1n) is 6.14. The van der Waals surface area contributed by atoms with Gasteiger partial charge in [0.2, 0.25) is 5.95 Å². The van der Waals surface area contributed by atoms with Crippen LogP contribution in [0.15, 0.2) is 33.4 Å². The number of halogens is 1. The molecule has 0 bridgehead atoms. The van der Waals surface area contributed by atoms with Gasteiger partial charge in [-0.15, -0.1) is 22.7 Å². The van der Waals surface area contributed by atoms with Gasteiger partial charge in [0.15, 0.2) is 0 Å². The van der Waals surface area contributed by atoms with Crippen molar-refractivity contribution < 1.29 is 0 Å². The molecular formula is C12H10BrN5S2. The van der Waals surface area contributed by atoms with Crippen molar-refractivity contribution in [2.75, 3.05) is 5.32 Å². The van der Waals surface area contributed by atoms with E-state index in [4.69, 9.17) is 0 Å². The fourth-order valence-corrected chi connectivity index (χ4v) is 4.77. The minimum Gasteiger partial charge on any atom is -0.345 e. The Morgan fingerprint density at radius 1 is 1.30 bits per heavy atom. The van der Waals surface area contributed by atoms with Crippen molar-refractivity contribution in [3.05, 3.63) is 43.2 Å². The van der Waals surface area contributed by atoms with E-state index in [1.54, 1.807) is 22.7 Å². The molecule has 102 valence electrons. The van der Waals surface area contributed by atoms with Crippen LogP contribution >= 0.6 is 38.6 Å². The van der Waals surface area contributed by atoms with Crippen LogP contribution in [0.25, 0.3) is 0 Å². The van der Waals surface area contributed by atoms with Crippen LogP contribution in [0.5, 0.6) is 0 Å². The Balaban J connectivity index is 1.74. The van der Waals surface area contributed by atoms with Gasteiger partial charge in [0.1, 0.15) is 0 Å². The van der Waals surface area contributed by atoms with Gasteiger partial charge in [-0.05, 0) is 49.9 Å². The standard InChI is InChI=1S/C12H10BrN5S2/c13-11-4-3-9(20-11)7-6-8(10-2-1-5-19-10)18-12(14-7)15-16-17-18/h1-5,7-8H,6H2,(H,14,15,17)/t7-,8+/m1/s1. The predicted octanol–water partition coefficient (Wildman–Crippen LogP) is 3.70. The van der Waals surface area contributed by atoms with Gasteiger partial charge >= 0.3 is 0 Å². The molecule has 8 heteroatoms. The van der Waals surface area contributed by atoms with E-state index in [1.807, 2.05) is 4.68 Å². The first kappa shape index (κ1) is 12.5. The summed E-state index contributed by atoms with van der Waals surface area (Å²) < 4.78 is 3.03. The van der Waals surface area contributed by atoms with Crippen molar-refractivity contribution in [3.8, 4) is 0 Å². The summed E-state index contributed by atoms with van der Waals surface area (Å²) in [7, 11) is 0. The van der Waals surface area contributed by atoms with Crippen molar-refractivity contribution in [1.29, 1.82) is 0 Å². The van der Waals surface area contributed by atoms with Gasteiger partial charge in [0.25, 0.3) is 0 Å². The lowest BCUT2D eigenvalue weighted by molar-refractivity contribution is 0.431. The maximum atomic E-state index is 4.12. The van der Waals surface area contributed by atoms with Crippen LogP contribution < -0.4 is 5.32 Å². The molecule has 3 aromatic heterocycles. The molecular weight excluding hydrogens is 358 g/mol. The van der Waals surface area contributed by atoms with Crippen LogP contribution in [-0.4, -0.2) is 20.2 Å². The molecule has 0 saturated carbocycles. The Hall–Kier alpha value is -1.25. The summed E-state index contributed by atoms with van der Waals surface area (Å²) in [5, 5.41) is 17.5. The van der Waals surface area contributed by atoms with E-state index in [0.717, 1.165) is 16.2 Å². The van der Waals surface area contributed by atoms with E-state index in [2.05, 4.69) is 66.4 Å². The third-order valence-corrected chi connectivity index (χ3v) is 6.07. The molecule has 0 amide bonds. The summed E-state index contributed by atoms with van der Waals surface area (Å²) in [4.78, 5) is 2.59. The molecule has 3 aromatic rings. The highest BCUT2D eigenvalue weighted by Crippen LogP contribution is 2.40. The third-order valence-electron chi connectivity index (χ3n) is 3.36. The summed E-state index contributed by atoms with van der Waals surface area (Å²) in [5.74, 6) is 0.740. The van der Waals surface area contributed by atoms with Gasteiger partial charge in [-0.1, -0.05) is 11.2 Å². The summed E-state index contributed by atoms with van der Waals surface area (Å²) in [6.45, 7) is 0. The maximum absolute atomic E-state index is 4.12. The lowest BCUT2D eigenvalue weighted by Gasteiger charge is -2.29. The molecule has 4 heterocycles. The Labute approximate surface area is 131 Å². The molecule has 4 rings (SSSR count). The van der Waals surface area contributed by atoms with Crippen LogP contribution in [0.3, 0.4) is 0 Å². The van der Waals surface area contributed by atoms with Crippen molar-refractivity contribution >= 4 is 44.6 Å². The van der Waals surface area contributed by atoms with Gasteiger partial charge in [0.05, 0.1) is 15.9 Å². The summed E-state index contributed by atoms with van der Waals surface area (Å²) in [6, 6.07) is 8.90. The number of anilines is 1. The fourth-order valence-electron chi connectivity index (χ4n) is 2.46. The van der Waals surface area contributed by atoms with Crippen LogP contribution in [0.2, 0.25) is 0 Å². The highest BCUT2D eigenvalue weighted by molar-refractivity contribution is 9.11. The van der Waals surface area contributed by atoms with Crippen molar-refractivity contribution in [1.82, 2.24) is 20.2 Å². The zero-order valence-corrected chi connectivity index (χ0v) is 13.5. The predicted molar refractivity (Wildman–Crippen MR) is 83.3 cm³/mol. The van der Waals surface area contributed by atoms with Crippen molar-refractivity contribution in [2.24, 2.45) is 0 Å². The molecule has 1 N–H and O–H groups in total. The van der Waals surface area contributed by atoms with Crippen LogP contribution in [-0.2, 0) is 0 Å². The lowest BCUT2D eigenvalue weighted by atomic mass is 10.0. The van der Waals surface area contributed by atoms with Crippen LogP contribution in [0.1, 0.15) is 28.3 Å². The summed E-state index contributed by atoms with van der Waals surface area (Å²) >= 11 is 7.02. The van der Waals surface area contributed by atoms with Crippen molar-refractivity contribution in [3.63, 3.8) is 0 Å². The number of hydrogen-bond acceptors (Lipinski definition) is 6. The molecule has 0 saturated heterocycles. The zero-order chi connectivity index (χ0) is 13.5. The Kier molecular flexibility index (Phi) is 3.08. The first-order chi connectivity index (χ1) is 9.81. The average molecular weight is 368 g/mol. The largest absolute Gasteiger partial charge is 0.345 e. The number of tetrazole rings is 1. The van der Waals surface area contributed by atoms with E-state index in [0.29, 0.717) is 0 Å². The molecule has 0 aliphatic carbocycles. The molecule has 5 nitrogen and oxygen atoms in total. The molecule has 2 atom stereocenters. The number of hydrogen-bond donors (Lipinski definition) is 1. The van der Waals surface area contributed by atoms with Gasteiger partial charge in [-0.2, -0.15) is 0 Å². The second kappa shape index (κ2) is 4.94. The van der Waals surface area contributed by atoms with E-state index < -0.39 is 0 Å². The van der Waals surface area contributed by atoms with Gasteiger partial charge in [0, 0.05) is 16.2 Å². The smallest absolute Gasteiger partial charge is 0.244 e. The normalized spacial score (nSPS) is 21.4.